The Morgan fingerprint density at radius 1 is 1.00 bits per heavy atom. The third-order valence-electron chi connectivity index (χ3n) is 5.18. The van der Waals surface area contributed by atoms with Crippen LogP contribution < -0.4 is 16.0 Å². The van der Waals surface area contributed by atoms with E-state index in [-0.39, 0.29) is 5.41 Å². The van der Waals surface area contributed by atoms with Gasteiger partial charge in [-0.3, -0.25) is 14.3 Å². The van der Waals surface area contributed by atoms with Crippen LogP contribution in [0.1, 0.15) is 26.3 Å². The third-order valence-corrected chi connectivity index (χ3v) is 5.18. The maximum absolute atomic E-state index is 12.5. The quantitative estimate of drug-likeness (QED) is 0.553. The topological polar surface area (TPSA) is 64.1 Å². The van der Waals surface area contributed by atoms with Gasteiger partial charge in [0.05, 0.1) is 12.8 Å². The minimum atomic E-state index is -0.479. The van der Waals surface area contributed by atoms with Crippen LogP contribution in [0.2, 0.25) is 0 Å². The maximum atomic E-state index is 12.5. The van der Waals surface area contributed by atoms with E-state index in [1.807, 2.05) is 36.4 Å². The number of nitrogens with one attached hydrogen (secondary N) is 1. The zero-order chi connectivity index (χ0) is 21.5. The van der Waals surface area contributed by atoms with Crippen molar-refractivity contribution in [2.45, 2.75) is 26.2 Å². The number of methoxy groups -OCH3 is 1. The predicted molar refractivity (Wildman–Crippen MR) is 120 cm³/mol. The summed E-state index contributed by atoms with van der Waals surface area (Å²) in [6, 6.07) is 20.4. The van der Waals surface area contributed by atoms with E-state index in [9.17, 15) is 9.59 Å². The fourth-order valence-electron chi connectivity index (χ4n) is 3.66. The van der Waals surface area contributed by atoms with E-state index in [2.05, 4.69) is 44.0 Å². The molecule has 5 nitrogen and oxygen atoms in total. The van der Waals surface area contributed by atoms with Crippen molar-refractivity contribution in [3.63, 3.8) is 0 Å². The molecule has 1 N–H and O–H groups in total. The largest absolute Gasteiger partial charge is 0.496 e. The van der Waals surface area contributed by atoms with Gasteiger partial charge in [0.25, 0.3) is 5.56 Å². The Labute approximate surface area is 174 Å². The molecule has 151 valence electrons. The number of rotatable bonds is 3. The van der Waals surface area contributed by atoms with Gasteiger partial charge in [-0.1, -0.05) is 45.0 Å². The monoisotopic (exact) mass is 399 g/mol. The molecule has 0 amide bonds. The van der Waals surface area contributed by atoms with Crippen LogP contribution in [0, 0.1) is 6.07 Å². The summed E-state index contributed by atoms with van der Waals surface area (Å²) in [6.45, 7) is 6.30. The van der Waals surface area contributed by atoms with Crippen LogP contribution in [-0.2, 0) is 5.41 Å². The van der Waals surface area contributed by atoms with E-state index >= 15 is 0 Å². The van der Waals surface area contributed by atoms with Gasteiger partial charge >= 0.3 is 5.69 Å². The number of benzene rings is 3. The smallest absolute Gasteiger partial charge is 0.332 e. The van der Waals surface area contributed by atoms with Crippen molar-refractivity contribution in [3.05, 3.63) is 93.3 Å². The number of H-pyrrole nitrogens is 1. The molecule has 0 spiro atoms. The van der Waals surface area contributed by atoms with Gasteiger partial charge in [-0.25, -0.2) is 4.79 Å². The van der Waals surface area contributed by atoms with E-state index in [0.29, 0.717) is 5.69 Å². The Bertz CT molecular complexity index is 1360. The van der Waals surface area contributed by atoms with Gasteiger partial charge < -0.3 is 4.74 Å². The molecular formula is C25H23N2O3. The highest BCUT2D eigenvalue weighted by molar-refractivity contribution is 5.89. The SMILES string of the molecule is COc1c(-c2ccc3c[c]ccc3c2)cc(-n2ccc(=O)[nH]c2=O)cc1C(C)(C)C. The molecule has 0 saturated carbocycles. The second kappa shape index (κ2) is 7.34. The first kappa shape index (κ1) is 19.7. The average molecular weight is 399 g/mol. The van der Waals surface area contributed by atoms with Crippen LogP contribution in [0.3, 0.4) is 0 Å². The van der Waals surface area contributed by atoms with Gasteiger partial charge in [-0.2, -0.15) is 0 Å². The average Bonchev–Trinajstić information content (AvgIpc) is 2.72. The molecule has 30 heavy (non-hydrogen) atoms. The van der Waals surface area contributed by atoms with Crippen LogP contribution in [-0.4, -0.2) is 16.7 Å². The molecule has 1 heterocycles. The van der Waals surface area contributed by atoms with Crippen LogP contribution in [0.5, 0.6) is 5.75 Å². The Balaban J connectivity index is 2.04. The van der Waals surface area contributed by atoms with Crippen LogP contribution in [0.25, 0.3) is 27.6 Å². The Morgan fingerprint density at radius 3 is 2.50 bits per heavy atom. The Morgan fingerprint density at radius 2 is 1.80 bits per heavy atom. The zero-order valence-electron chi connectivity index (χ0n) is 17.4. The number of nitrogens with zero attached hydrogens (tertiary/aromatic N) is 1. The van der Waals surface area contributed by atoms with Gasteiger partial charge in [0, 0.05) is 23.4 Å². The van der Waals surface area contributed by atoms with E-state index in [1.54, 1.807) is 7.11 Å². The first-order valence-electron chi connectivity index (χ1n) is 9.73. The second-order valence-corrected chi connectivity index (χ2v) is 8.29. The minimum Gasteiger partial charge on any atom is -0.496 e. The van der Waals surface area contributed by atoms with Gasteiger partial charge in [0.1, 0.15) is 5.75 Å². The van der Waals surface area contributed by atoms with Crippen molar-refractivity contribution < 1.29 is 4.74 Å². The van der Waals surface area contributed by atoms with Crippen LogP contribution in [0.15, 0.2) is 70.4 Å². The molecular weight excluding hydrogens is 376 g/mol. The van der Waals surface area contributed by atoms with Crippen molar-refractivity contribution in [3.8, 4) is 22.6 Å². The van der Waals surface area contributed by atoms with E-state index in [4.69, 9.17) is 4.74 Å². The summed E-state index contributed by atoms with van der Waals surface area (Å²) >= 11 is 0. The summed E-state index contributed by atoms with van der Waals surface area (Å²) in [6.07, 6.45) is 1.50. The third kappa shape index (κ3) is 3.54. The molecule has 0 bridgehead atoms. The maximum Gasteiger partial charge on any atom is 0.332 e. The minimum absolute atomic E-state index is 0.228. The summed E-state index contributed by atoms with van der Waals surface area (Å²) in [4.78, 5) is 26.3. The number of hydrogen-bond donors (Lipinski definition) is 1. The fraction of sp³-hybridized carbons (Fsp3) is 0.200. The summed E-state index contributed by atoms with van der Waals surface area (Å²) in [7, 11) is 1.66. The lowest BCUT2D eigenvalue weighted by Gasteiger charge is -2.25. The summed E-state index contributed by atoms with van der Waals surface area (Å²) in [5, 5.41) is 2.20. The molecule has 0 aliphatic rings. The standard InChI is InChI=1S/C25H23N2O3/c1-25(2,3)21-15-19(27-12-11-22(28)26-24(27)29)14-20(23(21)30-4)18-10-9-16-7-5-6-8-17(16)13-18/h6-15H,1-4H3,(H,26,28,29). The molecule has 4 aromatic rings. The molecule has 5 heteroatoms. The molecule has 3 aromatic carbocycles. The molecule has 0 aliphatic heterocycles. The highest BCUT2D eigenvalue weighted by Gasteiger charge is 2.24. The highest BCUT2D eigenvalue weighted by atomic mass is 16.5. The fourth-order valence-corrected chi connectivity index (χ4v) is 3.66. The zero-order valence-corrected chi connectivity index (χ0v) is 17.4. The van der Waals surface area contributed by atoms with E-state index in [1.165, 1.54) is 16.8 Å². The number of hydrogen-bond acceptors (Lipinski definition) is 3. The molecule has 4 rings (SSSR count). The number of aromatic nitrogens is 2. The summed E-state index contributed by atoms with van der Waals surface area (Å²) in [5.74, 6) is 0.769. The van der Waals surface area contributed by atoms with Crippen molar-refractivity contribution >= 4 is 10.8 Å². The van der Waals surface area contributed by atoms with Crippen molar-refractivity contribution in [2.75, 3.05) is 7.11 Å². The Hall–Kier alpha value is -3.60. The molecule has 1 radical (unpaired) electrons. The van der Waals surface area contributed by atoms with E-state index in [0.717, 1.165) is 33.2 Å². The van der Waals surface area contributed by atoms with Crippen molar-refractivity contribution in [2.24, 2.45) is 0 Å². The molecule has 0 unspecified atom stereocenters. The van der Waals surface area contributed by atoms with Crippen molar-refractivity contribution in [1.82, 2.24) is 9.55 Å². The number of ether oxygens (including phenoxy) is 1. The molecule has 0 atom stereocenters. The van der Waals surface area contributed by atoms with Gasteiger partial charge in [0.2, 0.25) is 0 Å². The second-order valence-electron chi connectivity index (χ2n) is 8.29. The lowest BCUT2D eigenvalue weighted by atomic mass is 9.83. The molecule has 0 saturated heterocycles. The van der Waals surface area contributed by atoms with Gasteiger partial charge in [-0.15, -0.1) is 0 Å². The number of fused-ring (bicyclic) bond motifs is 1. The van der Waals surface area contributed by atoms with Gasteiger partial charge in [-0.05, 0) is 52.1 Å². The van der Waals surface area contributed by atoms with Crippen LogP contribution >= 0.6 is 0 Å². The molecule has 0 fully saturated rings. The normalized spacial score (nSPS) is 11.6. The summed E-state index contributed by atoms with van der Waals surface area (Å²) < 4.78 is 7.30. The molecule has 1 aromatic heterocycles. The van der Waals surface area contributed by atoms with Crippen LogP contribution in [0.4, 0.5) is 0 Å². The lowest BCUT2D eigenvalue weighted by molar-refractivity contribution is 0.399. The molecule has 0 aliphatic carbocycles. The van der Waals surface area contributed by atoms with Crippen molar-refractivity contribution in [1.29, 1.82) is 0 Å². The predicted octanol–water partition coefficient (Wildman–Crippen LogP) is 4.45. The number of aromatic amines is 1. The highest BCUT2D eigenvalue weighted by Crippen LogP contribution is 2.41. The Kier molecular flexibility index (Phi) is 4.82. The summed E-state index contributed by atoms with van der Waals surface area (Å²) in [5.41, 5.74) is 2.37. The van der Waals surface area contributed by atoms with Gasteiger partial charge in [0.15, 0.2) is 0 Å². The van der Waals surface area contributed by atoms with E-state index < -0.39 is 11.2 Å². The first-order valence-corrected chi connectivity index (χ1v) is 9.73. The first-order chi connectivity index (χ1) is 14.3. The lowest BCUT2D eigenvalue weighted by Crippen LogP contribution is -2.27.